The molecule has 0 aliphatic carbocycles. The number of hydroxylamine groups is 1. The molecule has 0 saturated heterocycles. The van der Waals surface area contributed by atoms with E-state index < -0.39 is 11.8 Å². The van der Waals surface area contributed by atoms with Crippen molar-refractivity contribution in [2.24, 2.45) is 0 Å². The van der Waals surface area contributed by atoms with E-state index in [0.717, 1.165) is 0 Å². The maximum atomic E-state index is 13.7. The van der Waals surface area contributed by atoms with E-state index in [1.54, 1.807) is 18.2 Å². The van der Waals surface area contributed by atoms with E-state index in [2.05, 4.69) is 10.3 Å². The van der Waals surface area contributed by atoms with Crippen LogP contribution >= 0.6 is 0 Å². The van der Waals surface area contributed by atoms with Crippen molar-refractivity contribution >= 4 is 34.1 Å². The summed E-state index contributed by atoms with van der Waals surface area (Å²) in [5.74, 6) is -0.692. The molecule has 9 nitrogen and oxygen atoms in total. The molecular weight excluding hydrogens is 467 g/mol. The summed E-state index contributed by atoms with van der Waals surface area (Å²) in [7, 11) is 1.52. The van der Waals surface area contributed by atoms with Crippen LogP contribution in [0, 0.1) is 5.82 Å². The number of amides is 2. The number of fused-ring (bicyclic) bond motifs is 1. The molecular formula is C26H23FN4O5. The van der Waals surface area contributed by atoms with E-state index in [1.807, 2.05) is 0 Å². The Labute approximate surface area is 205 Å². The fraction of sp³-hybridized carbons (Fsp3) is 0.154. The fourth-order valence-electron chi connectivity index (χ4n) is 3.76. The molecule has 0 spiro atoms. The van der Waals surface area contributed by atoms with Crippen LogP contribution in [-0.2, 0) is 11.3 Å². The summed E-state index contributed by atoms with van der Waals surface area (Å²) in [5.41, 5.74) is 1.38. The van der Waals surface area contributed by atoms with Crippen LogP contribution in [-0.4, -0.2) is 40.3 Å². The highest BCUT2D eigenvalue weighted by atomic mass is 19.1. The van der Waals surface area contributed by atoms with Crippen molar-refractivity contribution in [1.29, 1.82) is 0 Å². The number of nitrogens with one attached hydrogen (secondary N) is 1. The van der Waals surface area contributed by atoms with Crippen LogP contribution in [0.2, 0.25) is 0 Å². The monoisotopic (exact) mass is 490 g/mol. The number of Topliss-reactive ketones (excluding diaryl/α,β-unsaturated/α-hetero) is 1. The van der Waals surface area contributed by atoms with Gasteiger partial charge in [-0.1, -0.05) is 24.3 Å². The Balaban J connectivity index is 1.82. The number of halogens is 1. The molecule has 36 heavy (non-hydrogen) atoms. The lowest BCUT2D eigenvalue weighted by Crippen LogP contribution is -2.32. The van der Waals surface area contributed by atoms with Crippen LogP contribution in [0.25, 0.3) is 22.0 Å². The van der Waals surface area contributed by atoms with Gasteiger partial charge in [-0.25, -0.2) is 14.2 Å². The summed E-state index contributed by atoms with van der Waals surface area (Å²) in [6, 6.07) is 13.6. The Morgan fingerprint density at radius 2 is 1.89 bits per heavy atom. The minimum Gasteiger partial charge on any atom is -0.383 e. The van der Waals surface area contributed by atoms with Crippen molar-refractivity contribution in [3.63, 3.8) is 0 Å². The zero-order valence-corrected chi connectivity index (χ0v) is 19.6. The molecule has 0 aliphatic heterocycles. The molecule has 0 fully saturated rings. The first-order valence-corrected chi connectivity index (χ1v) is 11.0. The van der Waals surface area contributed by atoms with Crippen molar-refractivity contribution in [3.8, 4) is 11.1 Å². The number of benzene rings is 3. The molecule has 0 aliphatic rings. The lowest BCUT2D eigenvalue weighted by molar-refractivity contribution is 0.101. The maximum Gasteiger partial charge on any atom is 0.350 e. The Kier molecular flexibility index (Phi) is 7.18. The Bertz CT molecular complexity index is 1500. The van der Waals surface area contributed by atoms with Crippen LogP contribution in [0.4, 0.5) is 20.6 Å². The van der Waals surface area contributed by atoms with Crippen molar-refractivity contribution in [3.05, 3.63) is 88.7 Å². The van der Waals surface area contributed by atoms with Crippen LogP contribution in [0.15, 0.2) is 71.8 Å². The summed E-state index contributed by atoms with van der Waals surface area (Å²) in [4.78, 5) is 42.4. The first-order valence-electron chi connectivity index (χ1n) is 11.0. The highest BCUT2D eigenvalue weighted by molar-refractivity contribution is 6.08. The third-order valence-corrected chi connectivity index (χ3v) is 5.59. The molecule has 0 radical (unpaired) electrons. The quantitative estimate of drug-likeness (QED) is 0.224. The third-order valence-electron chi connectivity index (χ3n) is 5.59. The lowest BCUT2D eigenvalue weighted by atomic mass is 9.99. The number of methoxy groups -OCH3 is 1. The summed E-state index contributed by atoms with van der Waals surface area (Å²) >= 11 is 0. The van der Waals surface area contributed by atoms with E-state index in [9.17, 15) is 24.0 Å². The van der Waals surface area contributed by atoms with Gasteiger partial charge in [0.1, 0.15) is 5.82 Å². The van der Waals surface area contributed by atoms with Gasteiger partial charge in [0.15, 0.2) is 5.78 Å². The molecule has 4 rings (SSSR count). The molecule has 0 saturated carbocycles. The van der Waals surface area contributed by atoms with E-state index in [1.165, 1.54) is 67.4 Å². The first kappa shape index (κ1) is 24.7. The molecule has 1 heterocycles. The van der Waals surface area contributed by atoms with Crippen LogP contribution < -0.4 is 15.9 Å². The van der Waals surface area contributed by atoms with E-state index in [0.29, 0.717) is 27.3 Å². The Hall–Kier alpha value is -4.41. The molecule has 3 aromatic carbocycles. The van der Waals surface area contributed by atoms with Crippen LogP contribution in [0.3, 0.4) is 0 Å². The minimum absolute atomic E-state index is 0.0768. The van der Waals surface area contributed by atoms with Gasteiger partial charge in [-0.2, -0.15) is 5.06 Å². The van der Waals surface area contributed by atoms with Crippen molar-refractivity contribution in [2.45, 2.75) is 13.5 Å². The van der Waals surface area contributed by atoms with Gasteiger partial charge < -0.3 is 10.1 Å². The number of carbonyl (C=O) groups is 2. The standard InChI is InChI=1S/C26H23FN4O5/c1-16(32)18-4-3-5-20(14-18)31(35)26(34)29-22-11-10-21-24(23(22)17-6-8-19(27)9-7-17)25(33)30(15-28-21)12-13-36-2/h3-11,14-15,35H,12-13H2,1-2H3,(H,29,34). The maximum absolute atomic E-state index is 13.7. The average Bonchev–Trinajstić information content (AvgIpc) is 2.88. The second-order valence-electron chi connectivity index (χ2n) is 7.97. The molecule has 2 N–H and O–H groups in total. The van der Waals surface area contributed by atoms with E-state index >= 15 is 0 Å². The Morgan fingerprint density at radius 1 is 1.14 bits per heavy atom. The number of anilines is 2. The molecule has 1 aromatic heterocycles. The summed E-state index contributed by atoms with van der Waals surface area (Å²) in [6.07, 6.45) is 1.41. The number of urea groups is 1. The second kappa shape index (κ2) is 10.5. The van der Waals surface area contributed by atoms with Gasteiger partial charge in [0, 0.05) is 18.2 Å². The smallest absolute Gasteiger partial charge is 0.350 e. The molecule has 0 bridgehead atoms. The van der Waals surface area contributed by atoms with Gasteiger partial charge >= 0.3 is 6.03 Å². The number of ketones is 1. The zero-order chi connectivity index (χ0) is 25.8. The topological polar surface area (TPSA) is 114 Å². The van der Waals surface area contributed by atoms with Gasteiger partial charge in [0.2, 0.25) is 0 Å². The van der Waals surface area contributed by atoms with Gasteiger partial charge in [-0.05, 0) is 48.9 Å². The minimum atomic E-state index is -0.929. The fourth-order valence-corrected chi connectivity index (χ4v) is 3.76. The first-order chi connectivity index (χ1) is 17.3. The predicted molar refractivity (Wildman–Crippen MR) is 133 cm³/mol. The number of hydrogen-bond acceptors (Lipinski definition) is 6. The molecule has 184 valence electrons. The van der Waals surface area contributed by atoms with Gasteiger partial charge in [-0.15, -0.1) is 0 Å². The van der Waals surface area contributed by atoms with E-state index in [-0.39, 0.29) is 41.3 Å². The van der Waals surface area contributed by atoms with Gasteiger partial charge in [-0.3, -0.25) is 19.4 Å². The third kappa shape index (κ3) is 4.99. The number of nitrogens with zero attached hydrogens (tertiary/aromatic N) is 3. The molecule has 0 unspecified atom stereocenters. The number of carbonyl (C=O) groups excluding carboxylic acids is 2. The zero-order valence-electron chi connectivity index (χ0n) is 19.6. The summed E-state index contributed by atoms with van der Waals surface area (Å²) in [6.45, 7) is 1.92. The predicted octanol–water partition coefficient (Wildman–Crippen LogP) is 4.48. The molecule has 4 aromatic rings. The van der Waals surface area contributed by atoms with Crippen molar-refractivity contribution in [1.82, 2.24) is 9.55 Å². The average molecular weight is 490 g/mol. The highest BCUT2D eigenvalue weighted by Crippen LogP contribution is 2.34. The SMILES string of the molecule is COCCn1cnc2ccc(NC(=O)N(O)c3cccc(C(C)=O)c3)c(-c3ccc(F)cc3)c2c1=O. The van der Waals surface area contributed by atoms with Gasteiger partial charge in [0.05, 0.1) is 41.8 Å². The number of aromatic nitrogens is 2. The normalized spacial score (nSPS) is 10.9. The largest absolute Gasteiger partial charge is 0.383 e. The van der Waals surface area contributed by atoms with Crippen molar-refractivity contribution < 1.29 is 23.9 Å². The summed E-state index contributed by atoms with van der Waals surface area (Å²) in [5, 5.41) is 13.7. The lowest BCUT2D eigenvalue weighted by Gasteiger charge is -2.19. The van der Waals surface area contributed by atoms with Crippen LogP contribution in [0.1, 0.15) is 17.3 Å². The van der Waals surface area contributed by atoms with Crippen LogP contribution in [0.5, 0.6) is 0 Å². The number of hydrogen-bond donors (Lipinski definition) is 2. The molecule has 2 amide bonds. The number of ether oxygens (including phenoxy) is 1. The molecule has 0 atom stereocenters. The second-order valence-corrected chi connectivity index (χ2v) is 7.97. The summed E-state index contributed by atoms with van der Waals surface area (Å²) < 4.78 is 20.1. The highest BCUT2D eigenvalue weighted by Gasteiger charge is 2.20. The Morgan fingerprint density at radius 3 is 2.58 bits per heavy atom. The number of rotatable bonds is 7. The molecule has 10 heteroatoms. The van der Waals surface area contributed by atoms with E-state index in [4.69, 9.17) is 4.74 Å². The van der Waals surface area contributed by atoms with Gasteiger partial charge in [0.25, 0.3) is 5.56 Å². The van der Waals surface area contributed by atoms with Crippen molar-refractivity contribution in [2.75, 3.05) is 24.1 Å².